The molecular formula is C16H23ClN2O. The monoisotopic (exact) mass is 294 g/mol. The Labute approximate surface area is 126 Å². The summed E-state index contributed by atoms with van der Waals surface area (Å²) in [6.45, 7) is 6.69. The largest absolute Gasteiger partial charge is 0.354 e. The van der Waals surface area contributed by atoms with E-state index < -0.39 is 0 Å². The average Bonchev–Trinajstić information content (AvgIpc) is 2.41. The first-order valence-corrected chi connectivity index (χ1v) is 7.70. The first kappa shape index (κ1) is 15.3. The van der Waals surface area contributed by atoms with Crippen LogP contribution in [0.2, 0.25) is 5.02 Å². The number of nitrogens with one attached hydrogen (secondary N) is 1. The predicted molar refractivity (Wildman–Crippen MR) is 82.7 cm³/mol. The molecule has 2 rings (SSSR count). The minimum atomic E-state index is 0.105. The first-order chi connectivity index (χ1) is 9.56. The number of hydrogen-bond acceptors (Lipinski definition) is 2. The quantitative estimate of drug-likeness (QED) is 0.925. The number of likely N-dealkylation sites (tertiary alicyclic amines) is 1. The molecule has 1 N–H and O–H groups in total. The van der Waals surface area contributed by atoms with Gasteiger partial charge in [0.25, 0.3) is 0 Å². The number of carbonyl (C=O) groups excluding carboxylic acids is 1. The fourth-order valence-electron chi connectivity index (χ4n) is 2.68. The number of benzene rings is 1. The highest BCUT2D eigenvalue weighted by molar-refractivity contribution is 6.31. The van der Waals surface area contributed by atoms with Gasteiger partial charge in [0.15, 0.2) is 0 Å². The van der Waals surface area contributed by atoms with Crippen molar-refractivity contribution < 1.29 is 4.79 Å². The van der Waals surface area contributed by atoms with Crippen LogP contribution in [-0.2, 0) is 11.3 Å². The van der Waals surface area contributed by atoms with Crippen LogP contribution in [0, 0.1) is 5.92 Å². The van der Waals surface area contributed by atoms with Gasteiger partial charge in [0.1, 0.15) is 0 Å². The van der Waals surface area contributed by atoms with E-state index in [1.54, 1.807) is 0 Å². The van der Waals surface area contributed by atoms with Crippen molar-refractivity contribution >= 4 is 17.5 Å². The Morgan fingerprint density at radius 3 is 2.90 bits per heavy atom. The number of halogens is 1. The van der Waals surface area contributed by atoms with E-state index in [0.717, 1.165) is 43.1 Å². The SMILES string of the molecule is CC(C)NC(=O)C1CCCN(Cc2ccccc2Cl)C1. The van der Waals surface area contributed by atoms with Gasteiger partial charge in [-0.05, 0) is 44.9 Å². The maximum atomic E-state index is 12.1. The summed E-state index contributed by atoms with van der Waals surface area (Å²) in [5, 5.41) is 3.82. The van der Waals surface area contributed by atoms with Gasteiger partial charge in [-0.2, -0.15) is 0 Å². The Kier molecular flexibility index (Phi) is 5.44. The average molecular weight is 295 g/mol. The predicted octanol–water partition coefficient (Wildman–Crippen LogP) is 3.08. The van der Waals surface area contributed by atoms with Gasteiger partial charge >= 0.3 is 0 Å². The molecule has 1 amide bonds. The molecule has 1 aromatic carbocycles. The van der Waals surface area contributed by atoms with Crippen molar-refractivity contribution in [2.75, 3.05) is 13.1 Å². The lowest BCUT2D eigenvalue weighted by molar-refractivity contribution is -0.127. The lowest BCUT2D eigenvalue weighted by Crippen LogP contribution is -2.44. The number of carbonyl (C=O) groups is 1. The fraction of sp³-hybridized carbons (Fsp3) is 0.562. The summed E-state index contributed by atoms with van der Waals surface area (Å²) < 4.78 is 0. The highest BCUT2D eigenvalue weighted by Crippen LogP contribution is 2.22. The van der Waals surface area contributed by atoms with Crippen molar-refractivity contribution in [1.82, 2.24) is 10.2 Å². The zero-order valence-electron chi connectivity index (χ0n) is 12.2. The van der Waals surface area contributed by atoms with E-state index in [1.807, 2.05) is 32.0 Å². The smallest absolute Gasteiger partial charge is 0.224 e. The maximum Gasteiger partial charge on any atom is 0.224 e. The third kappa shape index (κ3) is 4.22. The van der Waals surface area contributed by atoms with E-state index in [4.69, 9.17) is 11.6 Å². The van der Waals surface area contributed by atoms with Gasteiger partial charge in [-0.15, -0.1) is 0 Å². The molecule has 0 radical (unpaired) electrons. The molecule has 4 heteroatoms. The summed E-state index contributed by atoms with van der Waals surface area (Å²) in [6.07, 6.45) is 2.05. The van der Waals surface area contributed by atoms with Gasteiger partial charge in [-0.1, -0.05) is 29.8 Å². The van der Waals surface area contributed by atoms with Crippen molar-refractivity contribution in [3.8, 4) is 0 Å². The standard InChI is InChI=1S/C16H23ClN2O/c1-12(2)18-16(20)14-7-5-9-19(11-14)10-13-6-3-4-8-15(13)17/h3-4,6,8,12,14H,5,7,9-11H2,1-2H3,(H,18,20). The molecule has 1 fully saturated rings. The van der Waals surface area contributed by atoms with Crippen molar-refractivity contribution in [1.29, 1.82) is 0 Å². The van der Waals surface area contributed by atoms with E-state index in [1.165, 1.54) is 0 Å². The molecule has 1 aromatic rings. The normalized spacial score (nSPS) is 20.1. The van der Waals surface area contributed by atoms with Crippen LogP contribution in [0.1, 0.15) is 32.3 Å². The zero-order chi connectivity index (χ0) is 14.5. The molecule has 0 saturated carbocycles. The van der Waals surface area contributed by atoms with Crippen LogP contribution in [0.25, 0.3) is 0 Å². The van der Waals surface area contributed by atoms with E-state index >= 15 is 0 Å². The molecule has 0 aromatic heterocycles. The molecule has 1 aliphatic rings. The summed E-state index contributed by atoms with van der Waals surface area (Å²) >= 11 is 6.21. The number of hydrogen-bond donors (Lipinski definition) is 1. The van der Waals surface area contributed by atoms with Crippen LogP contribution in [0.15, 0.2) is 24.3 Å². The Balaban J connectivity index is 1.94. The van der Waals surface area contributed by atoms with Gasteiger partial charge in [0, 0.05) is 24.2 Å². The van der Waals surface area contributed by atoms with Crippen LogP contribution < -0.4 is 5.32 Å². The van der Waals surface area contributed by atoms with Gasteiger partial charge in [-0.25, -0.2) is 0 Å². The van der Waals surface area contributed by atoms with E-state index in [-0.39, 0.29) is 17.9 Å². The lowest BCUT2D eigenvalue weighted by Gasteiger charge is -2.32. The molecule has 20 heavy (non-hydrogen) atoms. The van der Waals surface area contributed by atoms with Crippen LogP contribution in [0.5, 0.6) is 0 Å². The molecule has 1 atom stereocenters. The summed E-state index contributed by atoms with van der Waals surface area (Å²) in [5.74, 6) is 0.289. The number of nitrogens with zero attached hydrogens (tertiary/aromatic N) is 1. The molecule has 1 unspecified atom stereocenters. The molecule has 0 aliphatic carbocycles. The molecule has 1 aliphatic heterocycles. The number of amides is 1. The highest BCUT2D eigenvalue weighted by atomic mass is 35.5. The van der Waals surface area contributed by atoms with E-state index in [2.05, 4.69) is 16.3 Å². The molecule has 0 bridgehead atoms. The van der Waals surface area contributed by atoms with Gasteiger partial charge < -0.3 is 5.32 Å². The summed E-state index contributed by atoms with van der Waals surface area (Å²) in [5.41, 5.74) is 1.14. The molecule has 1 heterocycles. The van der Waals surface area contributed by atoms with Gasteiger partial charge in [0.05, 0.1) is 5.92 Å². The Morgan fingerprint density at radius 1 is 1.45 bits per heavy atom. The molecule has 3 nitrogen and oxygen atoms in total. The second kappa shape index (κ2) is 7.09. The molecule has 1 saturated heterocycles. The van der Waals surface area contributed by atoms with Crippen LogP contribution >= 0.6 is 11.6 Å². The van der Waals surface area contributed by atoms with Crippen LogP contribution in [0.3, 0.4) is 0 Å². The second-order valence-corrected chi connectivity index (χ2v) is 6.24. The van der Waals surface area contributed by atoms with Gasteiger partial charge in [-0.3, -0.25) is 9.69 Å². The highest BCUT2D eigenvalue weighted by Gasteiger charge is 2.26. The summed E-state index contributed by atoms with van der Waals surface area (Å²) in [6, 6.07) is 8.14. The Morgan fingerprint density at radius 2 is 2.20 bits per heavy atom. The molecule has 0 spiro atoms. The first-order valence-electron chi connectivity index (χ1n) is 7.32. The summed E-state index contributed by atoms with van der Waals surface area (Å²) in [7, 11) is 0. The van der Waals surface area contributed by atoms with Crippen molar-refractivity contribution in [2.24, 2.45) is 5.92 Å². The molecular weight excluding hydrogens is 272 g/mol. The Bertz CT molecular complexity index is 462. The van der Waals surface area contributed by atoms with Crippen molar-refractivity contribution in [2.45, 2.75) is 39.3 Å². The minimum absolute atomic E-state index is 0.105. The van der Waals surface area contributed by atoms with E-state index in [9.17, 15) is 4.79 Å². The fourth-order valence-corrected chi connectivity index (χ4v) is 2.88. The van der Waals surface area contributed by atoms with Gasteiger partial charge in [0.2, 0.25) is 5.91 Å². The van der Waals surface area contributed by atoms with Crippen molar-refractivity contribution in [3.63, 3.8) is 0 Å². The lowest BCUT2D eigenvalue weighted by atomic mass is 9.96. The topological polar surface area (TPSA) is 32.3 Å². The Hall–Kier alpha value is -1.06. The maximum absolute atomic E-state index is 12.1. The summed E-state index contributed by atoms with van der Waals surface area (Å²) in [4.78, 5) is 14.4. The van der Waals surface area contributed by atoms with Crippen LogP contribution in [0.4, 0.5) is 0 Å². The number of rotatable bonds is 4. The zero-order valence-corrected chi connectivity index (χ0v) is 13.0. The second-order valence-electron chi connectivity index (χ2n) is 5.83. The van der Waals surface area contributed by atoms with E-state index in [0.29, 0.717) is 0 Å². The molecule has 110 valence electrons. The third-order valence-corrected chi connectivity index (χ3v) is 4.03. The third-order valence-electron chi connectivity index (χ3n) is 3.66. The number of piperidine rings is 1. The van der Waals surface area contributed by atoms with Crippen LogP contribution in [-0.4, -0.2) is 29.9 Å². The van der Waals surface area contributed by atoms with Crippen molar-refractivity contribution in [3.05, 3.63) is 34.9 Å². The minimum Gasteiger partial charge on any atom is -0.354 e.